The van der Waals surface area contributed by atoms with Gasteiger partial charge >= 0.3 is 0 Å². The molecule has 2 rings (SSSR count). The van der Waals surface area contributed by atoms with Gasteiger partial charge in [-0.2, -0.15) is 0 Å². The molecule has 2 aromatic rings. The van der Waals surface area contributed by atoms with Crippen molar-refractivity contribution in [2.45, 2.75) is 19.3 Å². The van der Waals surface area contributed by atoms with Crippen LogP contribution >= 0.6 is 0 Å². The molecule has 0 unspecified atom stereocenters. The van der Waals surface area contributed by atoms with Gasteiger partial charge in [-0.1, -0.05) is 24.3 Å². The van der Waals surface area contributed by atoms with Crippen LogP contribution in [-0.4, -0.2) is 18.3 Å². The summed E-state index contributed by atoms with van der Waals surface area (Å²) in [6, 6.07) is 11.8. The fourth-order valence-corrected chi connectivity index (χ4v) is 1.99. The average Bonchev–Trinajstić information content (AvgIpc) is 2.41. The van der Waals surface area contributed by atoms with E-state index in [0.29, 0.717) is 6.61 Å². The Morgan fingerprint density at radius 3 is 2.50 bits per heavy atom. The van der Waals surface area contributed by atoms with Crippen molar-refractivity contribution in [3.05, 3.63) is 36.4 Å². The Kier molecular flexibility index (Phi) is 4.42. The number of anilines is 1. The second-order valence-corrected chi connectivity index (χ2v) is 4.33. The van der Waals surface area contributed by atoms with Crippen LogP contribution in [0.25, 0.3) is 10.8 Å². The first-order valence-corrected chi connectivity index (χ1v) is 6.34. The third-order valence-electron chi connectivity index (χ3n) is 2.98. The molecule has 0 heterocycles. The first-order valence-electron chi connectivity index (χ1n) is 6.34. The molecule has 18 heavy (non-hydrogen) atoms. The van der Waals surface area contributed by atoms with E-state index >= 15 is 0 Å². The Morgan fingerprint density at radius 2 is 1.72 bits per heavy atom. The number of unbranched alkanes of at least 4 members (excludes halogenated alkanes) is 2. The number of nitrogens with two attached hydrogens (primary N) is 1. The fourth-order valence-electron chi connectivity index (χ4n) is 1.99. The summed E-state index contributed by atoms with van der Waals surface area (Å²) in [7, 11) is 0. The van der Waals surface area contributed by atoms with E-state index in [-0.39, 0.29) is 6.61 Å². The van der Waals surface area contributed by atoms with E-state index in [2.05, 4.69) is 0 Å². The summed E-state index contributed by atoms with van der Waals surface area (Å²) in [5.74, 6) is 0.879. The van der Waals surface area contributed by atoms with E-state index in [9.17, 15) is 0 Å². The SMILES string of the molecule is Nc1ccc(OCCCCCO)c2ccccc12. The summed E-state index contributed by atoms with van der Waals surface area (Å²) in [6.07, 6.45) is 2.79. The first-order chi connectivity index (χ1) is 8.83. The topological polar surface area (TPSA) is 55.5 Å². The van der Waals surface area contributed by atoms with Crippen LogP contribution in [0.3, 0.4) is 0 Å². The number of aliphatic hydroxyl groups is 1. The molecular formula is C15H19NO2. The highest BCUT2D eigenvalue weighted by molar-refractivity contribution is 5.96. The molecule has 2 aromatic carbocycles. The molecule has 0 aliphatic rings. The number of nitrogen functional groups attached to an aromatic ring is 1. The maximum absolute atomic E-state index is 8.70. The zero-order chi connectivity index (χ0) is 12.8. The number of fused-ring (bicyclic) bond motifs is 1. The molecule has 0 amide bonds. The van der Waals surface area contributed by atoms with E-state index in [4.69, 9.17) is 15.6 Å². The Morgan fingerprint density at radius 1 is 0.944 bits per heavy atom. The van der Waals surface area contributed by atoms with Crippen LogP contribution < -0.4 is 10.5 Å². The monoisotopic (exact) mass is 245 g/mol. The van der Waals surface area contributed by atoms with Crippen molar-refractivity contribution in [2.24, 2.45) is 0 Å². The van der Waals surface area contributed by atoms with Crippen LogP contribution in [0.5, 0.6) is 5.75 Å². The lowest BCUT2D eigenvalue weighted by molar-refractivity contribution is 0.267. The van der Waals surface area contributed by atoms with Gasteiger partial charge in [-0.15, -0.1) is 0 Å². The van der Waals surface area contributed by atoms with Crippen LogP contribution in [0.2, 0.25) is 0 Å². The zero-order valence-corrected chi connectivity index (χ0v) is 10.4. The molecule has 3 N–H and O–H groups in total. The molecule has 96 valence electrons. The third kappa shape index (κ3) is 2.93. The fraction of sp³-hybridized carbons (Fsp3) is 0.333. The minimum atomic E-state index is 0.255. The molecule has 3 heteroatoms. The molecule has 0 radical (unpaired) electrons. The van der Waals surface area contributed by atoms with Gasteiger partial charge in [-0.3, -0.25) is 0 Å². The molecule has 0 fully saturated rings. The van der Waals surface area contributed by atoms with E-state index in [1.54, 1.807) is 0 Å². The Hall–Kier alpha value is -1.74. The van der Waals surface area contributed by atoms with E-state index < -0.39 is 0 Å². The van der Waals surface area contributed by atoms with Gasteiger partial charge in [0.1, 0.15) is 5.75 Å². The molecule has 0 aromatic heterocycles. The normalized spacial score (nSPS) is 10.7. The highest BCUT2D eigenvalue weighted by atomic mass is 16.5. The van der Waals surface area contributed by atoms with Gasteiger partial charge in [-0.05, 0) is 31.4 Å². The Balaban J connectivity index is 2.07. The molecule has 0 aliphatic heterocycles. The van der Waals surface area contributed by atoms with Gasteiger partial charge in [0.2, 0.25) is 0 Å². The highest BCUT2D eigenvalue weighted by Crippen LogP contribution is 2.29. The summed E-state index contributed by atoms with van der Waals surface area (Å²) < 4.78 is 5.78. The van der Waals surface area contributed by atoms with Crippen molar-refractivity contribution in [2.75, 3.05) is 18.9 Å². The van der Waals surface area contributed by atoms with Crippen LogP contribution in [0.4, 0.5) is 5.69 Å². The second kappa shape index (κ2) is 6.26. The van der Waals surface area contributed by atoms with Gasteiger partial charge < -0.3 is 15.6 Å². The largest absolute Gasteiger partial charge is 0.493 e. The van der Waals surface area contributed by atoms with Crippen LogP contribution in [-0.2, 0) is 0 Å². The van der Waals surface area contributed by atoms with E-state index in [1.807, 2.05) is 36.4 Å². The van der Waals surface area contributed by atoms with Gasteiger partial charge in [0.05, 0.1) is 6.61 Å². The molecule has 0 spiro atoms. The zero-order valence-electron chi connectivity index (χ0n) is 10.4. The first kappa shape index (κ1) is 12.7. The average molecular weight is 245 g/mol. The number of benzene rings is 2. The van der Waals surface area contributed by atoms with Crippen molar-refractivity contribution in [3.63, 3.8) is 0 Å². The summed E-state index contributed by atoms with van der Waals surface area (Å²) in [4.78, 5) is 0. The molecule has 0 aliphatic carbocycles. The molecular weight excluding hydrogens is 226 g/mol. The van der Waals surface area contributed by atoms with Crippen LogP contribution in [0, 0.1) is 0 Å². The lowest BCUT2D eigenvalue weighted by Crippen LogP contribution is -1.99. The number of hydrogen-bond acceptors (Lipinski definition) is 3. The van der Waals surface area contributed by atoms with Crippen LogP contribution in [0.1, 0.15) is 19.3 Å². The maximum Gasteiger partial charge on any atom is 0.127 e. The van der Waals surface area contributed by atoms with Crippen LogP contribution in [0.15, 0.2) is 36.4 Å². The van der Waals surface area contributed by atoms with Gasteiger partial charge in [0.15, 0.2) is 0 Å². The number of aliphatic hydroxyl groups excluding tert-OH is 1. The summed E-state index contributed by atoms with van der Waals surface area (Å²) >= 11 is 0. The van der Waals surface area contributed by atoms with Gasteiger partial charge in [-0.25, -0.2) is 0 Å². The minimum absolute atomic E-state index is 0.255. The summed E-state index contributed by atoms with van der Waals surface area (Å²) in [5, 5.41) is 10.8. The van der Waals surface area contributed by atoms with Crippen molar-refractivity contribution in [1.82, 2.24) is 0 Å². The molecule has 3 nitrogen and oxygen atoms in total. The van der Waals surface area contributed by atoms with Crippen molar-refractivity contribution >= 4 is 16.5 Å². The Bertz CT molecular complexity index is 511. The van der Waals surface area contributed by atoms with Crippen molar-refractivity contribution in [3.8, 4) is 5.75 Å². The maximum atomic E-state index is 8.70. The lowest BCUT2D eigenvalue weighted by atomic mass is 10.1. The van der Waals surface area contributed by atoms with E-state index in [0.717, 1.165) is 41.5 Å². The lowest BCUT2D eigenvalue weighted by Gasteiger charge is -2.10. The van der Waals surface area contributed by atoms with E-state index in [1.165, 1.54) is 0 Å². The summed E-state index contributed by atoms with van der Waals surface area (Å²) in [5.41, 5.74) is 6.71. The minimum Gasteiger partial charge on any atom is -0.493 e. The molecule has 0 bridgehead atoms. The van der Waals surface area contributed by atoms with Crippen molar-refractivity contribution in [1.29, 1.82) is 0 Å². The smallest absolute Gasteiger partial charge is 0.127 e. The van der Waals surface area contributed by atoms with Crippen molar-refractivity contribution < 1.29 is 9.84 Å². The van der Waals surface area contributed by atoms with Gasteiger partial charge in [0, 0.05) is 23.1 Å². The predicted octanol–water partition coefficient (Wildman–Crippen LogP) is 2.96. The standard InChI is InChI=1S/C15H19NO2/c16-14-8-9-15(18-11-5-1-4-10-17)13-7-3-2-6-12(13)14/h2-3,6-9,17H,1,4-5,10-11,16H2. The highest BCUT2D eigenvalue weighted by Gasteiger charge is 2.04. The number of hydrogen-bond donors (Lipinski definition) is 2. The molecule has 0 saturated carbocycles. The number of rotatable bonds is 6. The summed E-state index contributed by atoms with van der Waals surface area (Å²) in [6.45, 7) is 0.929. The molecule has 0 saturated heterocycles. The Labute approximate surface area is 107 Å². The number of ether oxygens (including phenoxy) is 1. The van der Waals surface area contributed by atoms with Gasteiger partial charge in [0.25, 0.3) is 0 Å². The quantitative estimate of drug-likeness (QED) is 0.607. The second-order valence-electron chi connectivity index (χ2n) is 4.33. The predicted molar refractivity (Wildman–Crippen MR) is 74.8 cm³/mol. The molecule has 0 atom stereocenters. The third-order valence-corrected chi connectivity index (χ3v) is 2.98.